The first-order valence-electron chi connectivity index (χ1n) is 7.54. The molecule has 0 fully saturated rings. The second-order valence-corrected chi connectivity index (χ2v) is 5.30. The van der Waals surface area contributed by atoms with Gasteiger partial charge in [-0.2, -0.15) is 0 Å². The SMILES string of the molecule is C=Cc1cc(-c2cc(CCC)ccc2C)cnc1/C=C\C. The Morgan fingerprint density at radius 2 is 2.05 bits per heavy atom. The molecule has 0 saturated heterocycles. The zero-order valence-corrected chi connectivity index (χ0v) is 13.2. The molecule has 21 heavy (non-hydrogen) atoms. The summed E-state index contributed by atoms with van der Waals surface area (Å²) in [6.45, 7) is 10.3. The minimum Gasteiger partial charge on any atom is -0.256 e. The second-order valence-electron chi connectivity index (χ2n) is 5.30. The van der Waals surface area contributed by atoms with Crippen LogP contribution in [0.2, 0.25) is 0 Å². The van der Waals surface area contributed by atoms with E-state index >= 15 is 0 Å². The summed E-state index contributed by atoms with van der Waals surface area (Å²) in [5.74, 6) is 0. The van der Waals surface area contributed by atoms with Crippen LogP contribution in [0.4, 0.5) is 0 Å². The van der Waals surface area contributed by atoms with E-state index in [0.29, 0.717) is 0 Å². The van der Waals surface area contributed by atoms with Crippen LogP contribution >= 0.6 is 0 Å². The molecule has 108 valence electrons. The fourth-order valence-electron chi connectivity index (χ4n) is 2.52. The Morgan fingerprint density at radius 3 is 2.71 bits per heavy atom. The van der Waals surface area contributed by atoms with Gasteiger partial charge in [0.25, 0.3) is 0 Å². The zero-order valence-electron chi connectivity index (χ0n) is 13.2. The van der Waals surface area contributed by atoms with Gasteiger partial charge in [0.05, 0.1) is 5.69 Å². The molecule has 0 saturated carbocycles. The Bertz CT molecular complexity index is 666. The highest BCUT2D eigenvalue weighted by Crippen LogP contribution is 2.27. The van der Waals surface area contributed by atoms with E-state index in [-0.39, 0.29) is 0 Å². The first-order valence-corrected chi connectivity index (χ1v) is 7.54. The van der Waals surface area contributed by atoms with E-state index in [1.165, 1.54) is 23.1 Å². The van der Waals surface area contributed by atoms with Gasteiger partial charge in [0.2, 0.25) is 0 Å². The average Bonchev–Trinajstić information content (AvgIpc) is 2.50. The lowest BCUT2D eigenvalue weighted by Crippen LogP contribution is -1.92. The molecule has 0 unspecified atom stereocenters. The maximum absolute atomic E-state index is 4.57. The van der Waals surface area contributed by atoms with Crippen LogP contribution in [0.5, 0.6) is 0 Å². The zero-order chi connectivity index (χ0) is 15.2. The molecule has 2 rings (SSSR count). The van der Waals surface area contributed by atoms with Crippen LogP contribution in [0, 0.1) is 6.92 Å². The number of hydrogen-bond acceptors (Lipinski definition) is 1. The van der Waals surface area contributed by atoms with E-state index in [1.54, 1.807) is 0 Å². The molecule has 0 bridgehead atoms. The van der Waals surface area contributed by atoms with Gasteiger partial charge in [-0.1, -0.05) is 50.3 Å². The summed E-state index contributed by atoms with van der Waals surface area (Å²) in [4.78, 5) is 4.57. The molecule has 0 aliphatic heterocycles. The van der Waals surface area contributed by atoms with Gasteiger partial charge >= 0.3 is 0 Å². The van der Waals surface area contributed by atoms with Crippen molar-refractivity contribution >= 4 is 12.2 Å². The lowest BCUT2D eigenvalue weighted by Gasteiger charge is -2.10. The van der Waals surface area contributed by atoms with Crippen molar-refractivity contribution in [2.45, 2.75) is 33.6 Å². The number of rotatable bonds is 5. The fourth-order valence-corrected chi connectivity index (χ4v) is 2.52. The molecule has 0 aliphatic rings. The number of aromatic nitrogens is 1. The van der Waals surface area contributed by atoms with Crippen LogP contribution in [0.25, 0.3) is 23.3 Å². The first-order chi connectivity index (χ1) is 10.2. The van der Waals surface area contributed by atoms with Crippen molar-refractivity contribution in [3.05, 3.63) is 65.5 Å². The minimum atomic E-state index is 0.971. The maximum Gasteiger partial charge on any atom is 0.0698 e. The average molecular weight is 277 g/mol. The highest BCUT2D eigenvalue weighted by atomic mass is 14.7. The molecule has 1 aromatic carbocycles. The second kappa shape index (κ2) is 7.03. The predicted octanol–water partition coefficient (Wildman–Crippen LogP) is 5.69. The summed E-state index contributed by atoms with van der Waals surface area (Å²) in [6, 6.07) is 8.89. The van der Waals surface area contributed by atoms with Crippen molar-refractivity contribution in [3.63, 3.8) is 0 Å². The summed E-state index contributed by atoms with van der Waals surface area (Å²) in [5.41, 5.74) is 7.14. The van der Waals surface area contributed by atoms with Crippen LogP contribution in [0.3, 0.4) is 0 Å². The molecular weight excluding hydrogens is 254 g/mol. The van der Waals surface area contributed by atoms with Crippen molar-refractivity contribution in [1.29, 1.82) is 0 Å². The largest absolute Gasteiger partial charge is 0.256 e. The molecule has 1 heteroatoms. The predicted molar refractivity (Wildman–Crippen MR) is 93.2 cm³/mol. The van der Waals surface area contributed by atoms with Gasteiger partial charge in [-0.3, -0.25) is 4.98 Å². The third-order valence-electron chi connectivity index (χ3n) is 3.65. The number of pyridine rings is 1. The summed E-state index contributed by atoms with van der Waals surface area (Å²) >= 11 is 0. The Kier molecular flexibility index (Phi) is 5.10. The van der Waals surface area contributed by atoms with E-state index < -0.39 is 0 Å². The van der Waals surface area contributed by atoms with Crippen LogP contribution in [-0.2, 0) is 6.42 Å². The van der Waals surface area contributed by atoms with E-state index in [9.17, 15) is 0 Å². The van der Waals surface area contributed by atoms with Crippen LogP contribution in [0.15, 0.2) is 43.1 Å². The summed E-state index contributed by atoms with van der Waals surface area (Å²) in [6.07, 6.45) is 10.1. The van der Waals surface area contributed by atoms with Gasteiger partial charge < -0.3 is 0 Å². The lowest BCUT2D eigenvalue weighted by atomic mass is 9.96. The first kappa shape index (κ1) is 15.2. The number of allylic oxidation sites excluding steroid dienone is 1. The molecule has 0 spiro atoms. The van der Waals surface area contributed by atoms with E-state index in [1.807, 2.05) is 31.3 Å². The quantitative estimate of drug-likeness (QED) is 0.684. The number of aryl methyl sites for hydroxylation is 2. The molecule has 0 aliphatic carbocycles. The van der Waals surface area contributed by atoms with Crippen LogP contribution < -0.4 is 0 Å². The maximum atomic E-state index is 4.57. The topological polar surface area (TPSA) is 12.9 Å². The van der Waals surface area contributed by atoms with E-state index in [0.717, 1.165) is 23.2 Å². The fraction of sp³-hybridized carbons (Fsp3) is 0.250. The Labute approximate surface area is 128 Å². The summed E-state index contributed by atoms with van der Waals surface area (Å²) in [7, 11) is 0. The lowest BCUT2D eigenvalue weighted by molar-refractivity contribution is 0.921. The van der Waals surface area contributed by atoms with Gasteiger partial charge in [0.1, 0.15) is 0 Å². The van der Waals surface area contributed by atoms with Crippen molar-refractivity contribution in [2.75, 3.05) is 0 Å². The smallest absolute Gasteiger partial charge is 0.0698 e. The van der Waals surface area contributed by atoms with Gasteiger partial charge in [0, 0.05) is 17.3 Å². The van der Waals surface area contributed by atoms with Gasteiger partial charge in [-0.15, -0.1) is 0 Å². The molecule has 0 atom stereocenters. The number of hydrogen-bond donors (Lipinski definition) is 0. The van der Waals surface area contributed by atoms with Crippen molar-refractivity contribution in [1.82, 2.24) is 4.98 Å². The van der Waals surface area contributed by atoms with E-state index in [2.05, 4.69) is 49.7 Å². The van der Waals surface area contributed by atoms with Crippen molar-refractivity contribution in [2.24, 2.45) is 0 Å². The normalized spacial score (nSPS) is 11.0. The number of nitrogens with zero attached hydrogens (tertiary/aromatic N) is 1. The standard InChI is InChI=1S/C20H23N/c1-5-8-16-11-10-15(4)19(12-16)18-13-17(7-3)20(9-6-2)21-14-18/h6-7,9-14H,3,5,8H2,1-2,4H3/b9-6-. The van der Waals surface area contributed by atoms with Crippen LogP contribution in [0.1, 0.15) is 42.7 Å². The van der Waals surface area contributed by atoms with Crippen molar-refractivity contribution < 1.29 is 0 Å². The molecule has 1 aromatic heterocycles. The van der Waals surface area contributed by atoms with Gasteiger partial charge in [-0.05, 0) is 49.1 Å². The highest BCUT2D eigenvalue weighted by Gasteiger charge is 2.06. The van der Waals surface area contributed by atoms with Gasteiger partial charge in [-0.25, -0.2) is 0 Å². The molecule has 2 aromatic rings. The van der Waals surface area contributed by atoms with Crippen molar-refractivity contribution in [3.8, 4) is 11.1 Å². The molecular formula is C20H23N. The third-order valence-corrected chi connectivity index (χ3v) is 3.65. The molecule has 0 N–H and O–H groups in total. The van der Waals surface area contributed by atoms with Crippen LogP contribution in [-0.4, -0.2) is 4.98 Å². The third kappa shape index (κ3) is 3.49. The Balaban J connectivity index is 2.51. The Hall–Kier alpha value is -2.15. The molecule has 1 heterocycles. The minimum absolute atomic E-state index is 0.971. The monoisotopic (exact) mass is 277 g/mol. The van der Waals surface area contributed by atoms with Gasteiger partial charge in [0.15, 0.2) is 0 Å². The van der Waals surface area contributed by atoms with E-state index in [4.69, 9.17) is 0 Å². The molecule has 1 nitrogen and oxygen atoms in total. The highest BCUT2D eigenvalue weighted by molar-refractivity contribution is 5.72. The molecule has 0 radical (unpaired) electrons. The number of benzene rings is 1. The summed E-state index contributed by atoms with van der Waals surface area (Å²) in [5, 5.41) is 0. The Morgan fingerprint density at radius 1 is 1.24 bits per heavy atom. The molecule has 0 amide bonds. The summed E-state index contributed by atoms with van der Waals surface area (Å²) < 4.78 is 0.